The Morgan fingerprint density at radius 1 is 1.71 bits per heavy atom. The Balaban J connectivity index is 2.21. The van der Waals surface area contributed by atoms with E-state index < -0.39 is 0 Å². The molecule has 0 saturated carbocycles. The Morgan fingerprint density at radius 3 is 3.00 bits per heavy atom. The largest absolute Gasteiger partial charge is 0.436 e. The normalized spacial score (nSPS) is 26.7. The number of ether oxygens (including phenoxy) is 1. The predicted octanol–water partition coefficient (Wildman–Crippen LogP) is 2.04. The molecule has 0 aromatic carbocycles. The van der Waals surface area contributed by atoms with Crippen molar-refractivity contribution in [3.63, 3.8) is 0 Å². The van der Waals surface area contributed by atoms with Crippen LogP contribution >= 0.6 is 11.3 Å². The number of amides is 1. The number of carbonyl (C=O) groups excluding carboxylic acids is 1. The van der Waals surface area contributed by atoms with E-state index in [1.54, 1.807) is 11.1 Å². The van der Waals surface area contributed by atoms with E-state index in [1.807, 2.05) is 19.2 Å². The molecule has 0 bridgehead atoms. The van der Waals surface area contributed by atoms with Crippen LogP contribution in [0.25, 0.3) is 0 Å². The van der Waals surface area contributed by atoms with Crippen LogP contribution in [0.5, 0.6) is 0 Å². The molecule has 0 radical (unpaired) electrons. The molecule has 2 rings (SSSR count). The van der Waals surface area contributed by atoms with E-state index in [9.17, 15) is 4.79 Å². The molecule has 1 aromatic rings. The minimum atomic E-state index is -0.236. The summed E-state index contributed by atoms with van der Waals surface area (Å²) in [5.74, 6) is 0. The highest BCUT2D eigenvalue weighted by Crippen LogP contribution is 2.32. The van der Waals surface area contributed by atoms with Crippen LogP contribution in [0.3, 0.4) is 0 Å². The van der Waals surface area contributed by atoms with Gasteiger partial charge in [0.1, 0.15) is 5.01 Å². The molecule has 1 aliphatic rings. The molecule has 1 amide bonds. The summed E-state index contributed by atoms with van der Waals surface area (Å²) in [4.78, 5) is 17.3. The van der Waals surface area contributed by atoms with Crippen LogP contribution in [-0.2, 0) is 4.74 Å². The van der Waals surface area contributed by atoms with Gasteiger partial charge in [-0.05, 0) is 13.8 Å². The molecule has 0 aliphatic carbocycles. The monoisotopic (exact) mass is 212 g/mol. The first-order chi connectivity index (χ1) is 6.74. The van der Waals surface area contributed by atoms with Crippen molar-refractivity contribution in [1.82, 2.24) is 9.88 Å². The number of rotatable bonds is 2. The van der Waals surface area contributed by atoms with Gasteiger partial charge in [0.2, 0.25) is 0 Å². The van der Waals surface area contributed by atoms with Crippen LogP contribution in [0.15, 0.2) is 11.6 Å². The summed E-state index contributed by atoms with van der Waals surface area (Å²) in [5.41, 5.74) is 0. The lowest BCUT2D eigenvalue weighted by molar-refractivity contribution is 0.130. The van der Waals surface area contributed by atoms with E-state index in [2.05, 4.69) is 4.98 Å². The average molecular weight is 212 g/mol. The molecule has 4 nitrogen and oxygen atoms in total. The minimum Gasteiger partial charge on any atom is -0.436 e. The van der Waals surface area contributed by atoms with E-state index in [1.165, 1.54) is 11.3 Å². The zero-order valence-corrected chi connectivity index (χ0v) is 8.95. The number of thiazole rings is 1. The van der Waals surface area contributed by atoms with Crippen molar-refractivity contribution < 1.29 is 9.53 Å². The van der Waals surface area contributed by atoms with E-state index in [4.69, 9.17) is 4.74 Å². The van der Waals surface area contributed by atoms with Gasteiger partial charge in [-0.2, -0.15) is 0 Å². The molecule has 1 aromatic heterocycles. The lowest BCUT2D eigenvalue weighted by Crippen LogP contribution is -2.31. The Hall–Kier alpha value is -1.10. The standard InChI is InChI=1S/C9H12N2O2S/c1-3-11-6(2)7(13-9(11)12)8-10-4-5-14-8/h4-7H,3H2,1-2H3/t6-,7-/m0/s1. The van der Waals surface area contributed by atoms with Gasteiger partial charge in [-0.15, -0.1) is 11.3 Å². The summed E-state index contributed by atoms with van der Waals surface area (Å²) < 4.78 is 5.26. The molecule has 76 valence electrons. The topological polar surface area (TPSA) is 42.4 Å². The number of hydrogen-bond donors (Lipinski definition) is 0. The van der Waals surface area contributed by atoms with Crippen molar-refractivity contribution in [3.8, 4) is 0 Å². The maximum atomic E-state index is 11.4. The number of hydrogen-bond acceptors (Lipinski definition) is 4. The van der Waals surface area contributed by atoms with Gasteiger partial charge in [-0.1, -0.05) is 0 Å². The molecule has 1 aliphatic heterocycles. The van der Waals surface area contributed by atoms with E-state index in [0.717, 1.165) is 5.01 Å². The Kier molecular flexibility index (Phi) is 2.41. The molecule has 0 unspecified atom stereocenters. The summed E-state index contributed by atoms with van der Waals surface area (Å²) in [7, 11) is 0. The third-order valence-corrected chi connectivity index (χ3v) is 3.26. The van der Waals surface area contributed by atoms with E-state index in [-0.39, 0.29) is 18.2 Å². The first-order valence-electron chi connectivity index (χ1n) is 4.60. The van der Waals surface area contributed by atoms with Crippen molar-refractivity contribution >= 4 is 17.4 Å². The van der Waals surface area contributed by atoms with Crippen LogP contribution in [0, 0.1) is 0 Å². The molecule has 1 saturated heterocycles. The van der Waals surface area contributed by atoms with Gasteiger partial charge < -0.3 is 9.64 Å². The molecular weight excluding hydrogens is 200 g/mol. The van der Waals surface area contributed by atoms with Gasteiger partial charge in [-0.25, -0.2) is 9.78 Å². The van der Waals surface area contributed by atoms with Crippen LogP contribution in [0.1, 0.15) is 25.0 Å². The summed E-state index contributed by atoms with van der Waals surface area (Å²) in [6.45, 7) is 4.62. The molecular formula is C9H12N2O2S. The predicted molar refractivity (Wildman–Crippen MR) is 53.2 cm³/mol. The van der Waals surface area contributed by atoms with Crippen molar-refractivity contribution in [2.75, 3.05) is 6.54 Å². The van der Waals surface area contributed by atoms with Crippen molar-refractivity contribution in [2.24, 2.45) is 0 Å². The second-order valence-corrected chi connectivity index (χ2v) is 4.13. The molecule has 0 spiro atoms. The van der Waals surface area contributed by atoms with Crippen LogP contribution < -0.4 is 0 Å². The van der Waals surface area contributed by atoms with Gasteiger partial charge in [-0.3, -0.25) is 0 Å². The molecule has 1 fully saturated rings. The summed E-state index contributed by atoms with van der Waals surface area (Å²) in [6.07, 6.45) is 1.30. The fourth-order valence-corrected chi connectivity index (χ4v) is 2.42. The molecule has 14 heavy (non-hydrogen) atoms. The first-order valence-corrected chi connectivity index (χ1v) is 5.48. The molecule has 5 heteroatoms. The van der Waals surface area contributed by atoms with E-state index >= 15 is 0 Å². The van der Waals surface area contributed by atoms with Crippen LogP contribution in [0.4, 0.5) is 4.79 Å². The Labute approximate surface area is 86.5 Å². The van der Waals surface area contributed by atoms with Crippen LogP contribution in [-0.4, -0.2) is 28.6 Å². The van der Waals surface area contributed by atoms with Gasteiger partial charge in [0.15, 0.2) is 6.10 Å². The fraction of sp³-hybridized carbons (Fsp3) is 0.556. The third kappa shape index (κ3) is 1.37. The Morgan fingerprint density at radius 2 is 2.50 bits per heavy atom. The lowest BCUT2D eigenvalue weighted by Gasteiger charge is -2.17. The van der Waals surface area contributed by atoms with Gasteiger partial charge in [0.05, 0.1) is 6.04 Å². The zero-order chi connectivity index (χ0) is 10.1. The van der Waals surface area contributed by atoms with Gasteiger partial charge in [0, 0.05) is 18.1 Å². The van der Waals surface area contributed by atoms with Crippen molar-refractivity contribution in [3.05, 3.63) is 16.6 Å². The van der Waals surface area contributed by atoms with Crippen LogP contribution in [0.2, 0.25) is 0 Å². The first kappa shape index (κ1) is 9.45. The molecule has 0 N–H and O–H groups in total. The zero-order valence-electron chi connectivity index (χ0n) is 8.14. The molecule has 2 heterocycles. The summed E-state index contributed by atoms with van der Waals surface area (Å²) in [6, 6.07) is 0.0821. The fourth-order valence-electron chi connectivity index (χ4n) is 1.65. The van der Waals surface area contributed by atoms with Gasteiger partial charge >= 0.3 is 6.09 Å². The number of likely N-dealkylation sites (N-methyl/N-ethyl adjacent to an activating group) is 1. The lowest BCUT2D eigenvalue weighted by atomic mass is 10.2. The Bertz CT molecular complexity index is 326. The summed E-state index contributed by atoms with van der Waals surface area (Å²) in [5, 5.41) is 2.77. The maximum Gasteiger partial charge on any atom is 0.410 e. The van der Waals surface area contributed by atoms with Crippen molar-refractivity contribution in [1.29, 1.82) is 0 Å². The maximum absolute atomic E-state index is 11.4. The van der Waals surface area contributed by atoms with E-state index in [0.29, 0.717) is 6.54 Å². The second-order valence-electron chi connectivity index (χ2n) is 3.20. The highest BCUT2D eigenvalue weighted by molar-refractivity contribution is 7.09. The average Bonchev–Trinajstić information content (AvgIpc) is 2.74. The number of nitrogens with zero attached hydrogens (tertiary/aromatic N) is 2. The molecule has 2 atom stereocenters. The highest BCUT2D eigenvalue weighted by Gasteiger charge is 2.39. The van der Waals surface area contributed by atoms with Gasteiger partial charge in [0.25, 0.3) is 0 Å². The van der Waals surface area contributed by atoms with Crippen molar-refractivity contribution in [2.45, 2.75) is 26.0 Å². The quantitative estimate of drug-likeness (QED) is 0.753. The SMILES string of the molecule is CCN1C(=O)O[C@H](c2nccs2)[C@@H]1C. The number of aromatic nitrogens is 1. The number of cyclic esters (lactones) is 1. The number of carbonyl (C=O) groups is 1. The smallest absolute Gasteiger partial charge is 0.410 e. The minimum absolute atomic E-state index is 0.0821. The second kappa shape index (κ2) is 3.57. The summed E-state index contributed by atoms with van der Waals surface area (Å²) >= 11 is 1.52. The highest BCUT2D eigenvalue weighted by atomic mass is 32.1. The third-order valence-electron chi connectivity index (χ3n) is 2.43.